The summed E-state index contributed by atoms with van der Waals surface area (Å²) in [6.45, 7) is 2.55. The highest BCUT2D eigenvalue weighted by Gasteiger charge is 2.34. The average molecular weight is 278 g/mol. The molecule has 0 radical (unpaired) electrons. The largest absolute Gasteiger partial charge is 0.334 e. The van der Waals surface area contributed by atoms with Gasteiger partial charge in [-0.1, -0.05) is 31.9 Å². The van der Waals surface area contributed by atoms with Crippen molar-refractivity contribution in [2.24, 2.45) is 5.73 Å². The van der Waals surface area contributed by atoms with Crippen molar-refractivity contribution in [3.8, 4) is 0 Å². The Balaban J connectivity index is 2.01. The van der Waals surface area contributed by atoms with Gasteiger partial charge in [-0.2, -0.15) is 0 Å². The first-order valence-corrected chi connectivity index (χ1v) is 7.42. The molecule has 1 fully saturated rings. The molecular weight excluding hydrogens is 255 g/mol. The van der Waals surface area contributed by atoms with Crippen molar-refractivity contribution in [2.75, 3.05) is 0 Å². The van der Waals surface area contributed by atoms with Gasteiger partial charge in [-0.25, -0.2) is 4.39 Å². The van der Waals surface area contributed by atoms with Crippen LogP contribution in [0.2, 0.25) is 0 Å². The highest BCUT2D eigenvalue weighted by Crippen LogP contribution is 2.29. The summed E-state index contributed by atoms with van der Waals surface area (Å²) in [6.07, 6.45) is 4.78. The predicted octanol–water partition coefficient (Wildman–Crippen LogP) is 2.83. The van der Waals surface area contributed by atoms with E-state index < -0.39 is 6.04 Å². The van der Waals surface area contributed by atoms with Gasteiger partial charge in [0.1, 0.15) is 5.82 Å². The van der Waals surface area contributed by atoms with Crippen LogP contribution in [-0.4, -0.2) is 22.9 Å². The lowest BCUT2D eigenvalue weighted by Crippen LogP contribution is -2.44. The fourth-order valence-electron chi connectivity index (χ4n) is 2.37. The molecule has 20 heavy (non-hydrogen) atoms. The number of rotatable bonds is 7. The molecule has 1 atom stereocenters. The normalized spacial score (nSPS) is 15.9. The first-order valence-electron chi connectivity index (χ1n) is 7.42. The maximum absolute atomic E-state index is 13.2. The molecule has 0 aliphatic heterocycles. The maximum atomic E-state index is 13.2. The number of carbonyl (C=O) groups is 1. The Kier molecular flexibility index (Phi) is 5.12. The van der Waals surface area contributed by atoms with Crippen molar-refractivity contribution in [1.82, 2.24) is 4.90 Å². The van der Waals surface area contributed by atoms with E-state index in [0.717, 1.165) is 37.7 Å². The summed E-state index contributed by atoms with van der Waals surface area (Å²) in [7, 11) is 0. The van der Waals surface area contributed by atoms with Gasteiger partial charge < -0.3 is 10.6 Å². The van der Waals surface area contributed by atoms with Gasteiger partial charge in [0.05, 0.1) is 6.04 Å². The van der Waals surface area contributed by atoms with Crippen molar-refractivity contribution in [1.29, 1.82) is 0 Å². The molecule has 1 aromatic carbocycles. The average Bonchev–Trinajstić information content (AvgIpc) is 3.26. The van der Waals surface area contributed by atoms with Crippen LogP contribution in [0.5, 0.6) is 0 Å². The highest BCUT2D eigenvalue weighted by molar-refractivity contribution is 5.82. The summed E-state index contributed by atoms with van der Waals surface area (Å²) in [6, 6.07) is 6.29. The number of nitrogens with two attached hydrogens (primary N) is 1. The molecule has 1 aliphatic carbocycles. The summed E-state index contributed by atoms with van der Waals surface area (Å²) in [5.41, 5.74) is 6.81. The van der Waals surface area contributed by atoms with Crippen molar-refractivity contribution in [3.63, 3.8) is 0 Å². The van der Waals surface area contributed by atoms with Crippen LogP contribution in [0, 0.1) is 5.82 Å². The summed E-state index contributed by atoms with van der Waals surface area (Å²) in [4.78, 5) is 14.3. The van der Waals surface area contributed by atoms with Crippen LogP contribution in [0.4, 0.5) is 4.39 Å². The molecule has 0 spiro atoms. The van der Waals surface area contributed by atoms with E-state index in [-0.39, 0.29) is 11.7 Å². The zero-order chi connectivity index (χ0) is 14.5. The lowest BCUT2D eigenvalue weighted by atomic mass is 10.1. The summed E-state index contributed by atoms with van der Waals surface area (Å²) in [5, 5.41) is 0. The Labute approximate surface area is 120 Å². The molecule has 2 rings (SSSR count). The molecule has 4 heteroatoms. The van der Waals surface area contributed by atoms with E-state index in [2.05, 4.69) is 6.92 Å². The molecule has 0 saturated heterocycles. The van der Waals surface area contributed by atoms with Gasteiger partial charge >= 0.3 is 0 Å². The van der Waals surface area contributed by atoms with Crippen LogP contribution in [0.25, 0.3) is 0 Å². The summed E-state index contributed by atoms with van der Waals surface area (Å²) < 4.78 is 13.2. The Bertz CT molecular complexity index is 460. The van der Waals surface area contributed by atoms with Crippen molar-refractivity contribution < 1.29 is 9.18 Å². The van der Waals surface area contributed by atoms with E-state index in [4.69, 9.17) is 5.73 Å². The van der Waals surface area contributed by atoms with Crippen molar-refractivity contribution in [2.45, 2.75) is 57.7 Å². The number of unbranched alkanes of at least 4 members (excludes halogenated alkanes) is 1. The Morgan fingerprint density at radius 1 is 1.50 bits per heavy atom. The molecule has 1 aromatic rings. The predicted molar refractivity (Wildman–Crippen MR) is 77.5 cm³/mol. The zero-order valence-corrected chi connectivity index (χ0v) is 12.0. The van der Waals surface area contributed by atoms with Gasteiger partial charge in [0, 0.05) is 12.6 Å². The van der Waals surface area contributed by atoms with Crippen molar-refractivity contribution >= 4 is 5.91 Å². The van der Waals surface area contributed by atoms with Crippen LogP contribution in [-0.2, 0) is 11.3 Å². The fraction of sp³-hybridized carbons (Fsp3) is 0.562. The molecule has 0 unspecified atom stereocenters. The zero-order valence-electron chi connectivity index (χ0n) is 12.0. The first kappa shape index (κ1) is 15.0. The molecule has 0 bridgehead atoms. The van der Waals surface area contributed by atoms with E-state index in [1.807, 2.05) is 11.0 Å². The number of carbonyl (C=O) groups excluding carboxylic acids is 1. The second-order valence-corrected chi connectivity index (χ2v) is 5.58. The van der Waals surface area contributed by atoms with Crippen molar-refractivity contribution in [3.05, 3.63) is 35.6 Å². The van der Waals surface area contributed by atoms with E-state index in [1.54, 1.807) is 6.07 Å². The number of hydrogen-bond acceptors (Lipinski definition) is 2. The van der Waals surface area contributed by atoms with Gasteiger partial charge in [-0.05, 0) is 37.0 Å². The van der Waals surface area contributed by atoms with Gasteiger partial charge in [0.25, 0.3) is 0 Å². The van der Waals surface area contributed by atoms with Crippen LogP contribution in [0.15, 0.2) is 24.3 Å². The lowest BCUT2D eigenvalue weighted by molar-refractivity contribution is -0.134. The SMILES string of the molecule is CCCC[C@H](N)C(=O)N(Cc1cccc(F)c1)C1CC1. The molecule has 1 aliphatic rings. The molecule has 1 amide bonds. The number of benzene rings is 1. The van der Waals surface area contributed by atoms with Crippen LogP contribution >= 0.6 is 0 Å². The van der Waals surface area contributed by atoms with Gasteiger partial charge in [-0.3, -0.25) is 4.79 Å². The number of nitrogens with zero attached hydrogens (tertiary/aromatic N) is 1. The minimum Gasteiger partial charge on any atom is -0.334 e. The second-order valence-electron chi connectivity index (χ2n) is 5.58. The van der Waals surface area contributed by atoms with Gasteiger partial charge in [0.2, 0.25) is 5.91 Å². The molecule has 0 heterocycles. The molecule has 2 N–H and O–H groups in total. The summed E-state index contributed by atoms with van der Waals surface area (Å²) in [5.74, 6) is -0.258. The smallest absolute Gasteiger partial charge is 0.240 e. The van der Waals surface area contributed by atoms with Crippen LogP contribution in [0.3, 0.4) is 0 Å². The second kappa shape index (κ2) is 6.84. The Morgan fingerprint density at radius 3 is 2.85 bits per heavy atom. The van der Waals surface area contributed by atoms with Gasteiger partial charge in [-0.15, -0.1) is 0 Å². The molecule has 0 aromatic heterocycles. The molecule has 3 nitrogen and oxygen atoms in total. The molecule has 1 saturated carbocycles. The Hall–Kier alpha value is -1.42. The lowest BCUT2D eigenvalue weighted by Gasteiger charge is -2.26. The van der Waals surface area contributed by atoms with E-state index >= 15 is 0 Å². The number of hydrogen-bond donors (Lipinski definition) is 1. The van der Waals surface area contributed by atoms with Crippen LogP contribution < -0.4 is 5.73 Å². The standard InChI is InChI=1S/C16H23FN2O/c1-2-3-7-15(18)16(20)19(14-8-9-14)11-12-5-4-6-13(17)10-12/h4-6,10,14-15H,2-3,7-9,11,18H2,1H3/t15-/m0/s1. The number of halogens is 1. The maximum Gasteiger partial charge on any atom is 0.240 e. The van der Waals surface area contributed by atoms with Gasteiger partial charge in [0.15, 0.2) is 0 Å². The minimum atomic E-state index is -0.427. The first-order chi connectivity index (χ1) is 9.61. The van der Waals surface area contributed by atoms with E-state index in [0.29, 0.717) is 12.6 Å². The third-order valence-corrected chi connectivity index (χ3v) is 3.70. The summed E-state index contributed by atoms with van der Waals surface area (Å²) >= 11 is 0. The van der Waals surface area contributed by atoms with Crippen LogP contribution in [0.1, 0.15) is 44.6 Å². The highest BCUT2D eigenvalue weighted by atomic mass is 19.1. The fourth-order valence-corrected chi connectivity index (χ4v) is 2.37. The monoisotopic (exact) mass is 278 g/mol. The van der Waals surface area contributed by atoms with E-state index in [1.165, 1.54) is 12.1 Å². The third kappa shape index (κ3) is 4.04. The molecule has 110 valence electrons. The molecular formula is C16H23FN2O. The topological polar surface area (TPSA) is 46.3 Å². The quantitative estimate of drug-likeness (QED) is 0.833. The minimum absolute atomic E-state index is 0.00483. The third-order valence-electron chi connectivity index (χ3n) is 3.70. The van der Waals surface area contributed by atoms with E-state index in [9.17, 15) is 9.18 Å². The number of amides is 1. The Morgan fingerprint density at radius 2 is 2.25 bits per heavy atom.